The molecule has 16 heavy (non-hydrogen) atoms. The van der Waals surface area contributed by atoms with E-state index in [2.05, 4.69) is 10.3 Å². The van der Waals surface area contributed by atoms with Crippen molar-refractivity contribution in [3.8, 4) is 0 Å². The van der Waals surface area contributed by atoms with Crippen molar-refractivity contribution < 1.29 is 4.39 Å². The molecule has 4 heteroatoms. The molecule has 0 atom stereocenters. The molecule has 0 aliphatic rings. The zero-order valence-corrected chi connectivity index (χ0v) is 9.21. The molecular formula is C12H10ClFN2. The second kappa shape index (κ2) is 4.94. The Labute approximate surface area is 98.1 Å². The number of aromatic nitrogens is 1. The van der Waals surface area contributed by atoms with Crippen LogP contribution in [0.25, 0.3) is 0 Å². The Bertz CT molecular complexity index is 474. The number of halogens is 2. The maximum absolute atomic E-state index is 12.9. The highest BCUT2D eigenvalue weighted by Gasteiger charge is 2.00. The highest BCUT2D eigenvalue weighted by atomic mass is 35.5. The van der Waals surface area contributed by atoms with Gasteiger partial charge in [0.25, 0.3) is 0 Å². The molecule has 2 nitrogen and oxygen atoms in total. The van der Waals surface area contributed by atoms with Crippen molar-refractivity contribution in [2.45, 2.75) is 6.54 Å². The number of benzene rings is 1. The van der Waals surface area contributed by atoms with Crippen LogP contribution in [-0.4, -0.2) is 4.98 Å². The molecule has 0 aliphatic carbocycles. The topological polar surface area (TPSA) is 24.9 Å². The van der Waals surface area contributed by atoms with Gasteiger partial charge < -0.3 is 5.32 Å². The molecular weight excluding hydrogens is 227 g/mol. The average Bonchev–Trinajstić information content (AvgIpc) is 2.32. The van der Waals surface area contributed by atoms with Gasteiger partial charge in [0, 0.05) is 12.7 Å². The lowest BCUT2D eigenvalue weighted by atomic mass is 10.2. The van der Waals surface area contributed by atoms with Gasteiger partial charge in [-0.2, -0.15) is 0 Å². The van der Waals surface area contributed by atoms with Gasteiger partial charge in [0.1, 0.15) is 11.6 Å². The standard InChI is InChI=1S/C12H10ClFN2/c13-10-7-9(4-5-11(10)14)8-16-12-3-1-2-6-15-12/h1-7H,8H2,(H,15,16). The first-order valence-corrected chi connectivity index (χ1v) is 5.22. The van der Waals surface area contributed by atoms with Crippen molar-refractivity contribution in [3.63, 3.8) is 0 Å². The lowest BCUT2D eigenvalue weighted by molar-refractivity contribution is 0.627. The Morgan fingerprint density at radius 3 is 2.81 bits per heavy atom. The third kappa shape index (κ3) is 2.70. The molecule has 2 aromatic rings. The number of hydrogen-bond acceptors (Lipinski definition) is 2. The van der Waals surface area contributed by atoms with Crippen molar-refractivity contribution in [1.29, 1.82) is 0 Å². The van der Waals surface area contributed by atoms with Gasteiger partial charge in [0.05, 0.1) is 5.02 Å². The van der Waals surface area contributed by atoms with Gasteiger partial charge >= 0.3 is 0 Å². The van der Waals surface area contributed by atoms with E-state index in [1.54, 1.807) is 18.3 Å². The SMILES string of the molecule is Fc1ccc(CNc2ccccn2)cc1Cl. The molecule has 2 rings (SSSR count). The van der Waals surface area contributed by atoms with Gasteiger partial charge in [0.2, 0.25) is 0 Å². The van der Waals surface area contributed by atoms with Gasteiger partial charge in [-0.1, -0.05) is 23.7 Å². The first-order chi connectivity index (χ1) is 7.75. The molecule has 0 fully saturated rings. The lowest BCUT2D eigenvalue weighted by Crippen LogP contribution is -2.00. The van der Waals surface area contributed by atoms with Crippen molar-refractivity contribution in [2.75, 3.05) is 5.32 Å². The Morgan fingerprint density at radius 2 is 2.12 bits per heavy atom. The van der Waals surface area contributed by atoms with Gasteiger partial charge in [-0.05, 0) is 29.8 Å². The average molecular weight is 237 g/mol. The van der Waals surface area contributed by atoms with E-state index >= 15 is 0 Å². The third-order valence-electron chi connectivity index (χ3n) is 2.12. The molecule has 1 aromatic heterocycles. The number of anilines is 1. The van der Waals surface area contributed by atoms with Crippen molar-refractivity contribution >= 4 is 17.4 Å². The maximum atomic E-state index is 12.9. The van der Waals surface area contributed by atoms with E-state index in [0.717, 1.165) is 11.4 Å². The van der Waals surface area contributed by atoms with Gasteiger partial charge in [-0.3, -0.25) is 0 Å². The summed E-state index contributed by atoms with van der Waals surface area (Å²) >= 11 is 5.68. The molecule has 82 valence electrons. The summed E-state index contributed by atoms with van der Waals surface area (Å²) in [7, 11) is 0. The van der Waals surface area contributed by atoms with Crippen LogP contribution in [0.4, 0.5) is 10.2 Å². The molecule has 0 aliphatic heterocycles. The molecule has 0 spiro atoms. The number of pyridine rings is 1. The Morgan fingerprint density at radius 1 is 1.25 bits per heavy atom. The Hall–Kier alpha value is -1.61. The summed E-state index contributed by atoms with van der Waals surface area (Å²) < 4.78 is 12.9. The highest BCUT2D eigenvalue weighted by molar-refractivity contribution is 6.30. The van der Waals surface area contributed by atoms with E-state index in [9.17, 15) is 4.39 Å². The molecule has 1 N–H and O–H groups in total. The monoisotopic (exact) mass is 236 g/mol. The molecule has 0 unspecified atom stereocenters. The fourth-order valence-corrected chi connectivity index (χ4v) is 1.51. The van der Waals surface area contributed by atoms with E-state index in [0.29, 0.717) is 6.54 Å². The van der Waals surface area contributed by atoms with Crippen LogP contribution in [0.2, 0.25) is 5.02 Å². The third-order valence-corrected chi connectivity index (χ3v) is 2.41. The van der Waals surface area contributed by atoms with Crippen LogP contribution in [-0.2, 0) is 6.54 Å². The normalized spacial score (nSPS) is 10.1. The smallest absolute Gasteiger partial charge is 0.141 e. The van der Waals surface area contributed by atoms with Crippen LogP contribution in [0.3, 0.4) is 0 Å². The zero-order chi connectivity index (χ0) is 11.4. The van der Waals surface area contributed by atoms with E-state index in [1.165, 1.54) is 6.07 Å². The van der Waals surface area contributed by atoms with E-state index < -0.39 is 5.82 Å². The number of rotatable bonds is 3. The molecule has 0 saturated heterocycles. The molecule has 0 radical (unpaired) electrons. The first-order valence-electron chi connectivity index (χ1n) is 4.84. The molecule has 0 bridgehead atoms. The number of nitrogens with zero attached hydrogens (tertiary/aromatic N) is 1. The predicted octanol–water partition coefficient (Wildman–Crippen LogP) is 3.49. The fraction of sp³-hybridized carbons (Fsp3) is 0.0833. The maximum Gasteiger partial charge on any atom is 0.141 e. The van der Waals surface area contributed by atoms with Crippen LogP contribution in [0.1, 0.15) is 5.56 Å². The second-order valence-corrected chi connectivity index (χ2v) is 3.72. The van der Waals surface area contributed by atoms with Gasteiger partial charge in [-0.25, -0.2) is 9.37 Å². The zero-order valence-electron chi connectivity index (χ0n) is 8.45. The Balaban J connectivity index is 2.03. The van der Waals surface area contributed by atoms with Crippen LogP contribution < -0.4 is 5.32 Å². The van der Waals surface area contributed by atoms with E-state index in [-0.39, 0.29) is 5.02 Å². The predicted molar refractivity (Wildman–Crippen MR) is 63.0 cm³/mol. The lowest BCUT2D eigenvalue weighted by Gasteiger charge is -2.05. The molecule has 0 amide bonds. The van der Waals surface area contributed by atoms with E-state index in [4.69, 9.17) is 11.6 Å². The van der Waals surface area contributed by atoms with Crippen LogP contribution >= 0.6 is 11.6 Å². The molecule has 1 heterocycles. The number of nitrogens with one attached hydrogen (secondary N) is 1. The summed E-state index contributed by atoms with van der Waals surface area (Å²) in [5.74, 6) is 0.381. The minimum atomic E-state index is -0.400. The Kier molecular flexibility index (Phi) is 3.37. The summed E-state index contributed by atoms with van der Waals surface area (Å²) in [5, 5.41) is 3.25. The highest BCUT2D eigenvalue weighted by Crippen LogP contribution is 2.16. The fourth-order valence-electron chi connectivity index (χ4n) is 1.31. The number of hydrogen-bond donors (Lipinski definition) is 1. The first kappa shape index (κ1) is 10.9. The van der Waals surface area contributed by atoms with Crippen LogP contribution in [0.5, 0.6) is 0 Å². The van der Waals surface area contributed by atoms with Crippen molar-refractivity contribution in [3.05, 3.63) is 59.0 Å². The summed E-state index contributed by atoms with van der Waals surface area (Å²) in [5.41, 5.74) is 0.914. The summed E-state index contributed by atoms with van der Waals surface area (Å²) in [6, 6.07) is 10.3. The summed E-state index contributed by atoms with van der Waals surface area (Å²) in [6.07, 6.45) is 1.71. The largest absolute Gasteiger partial charge is 0.366 e. The summed E-state index contributed by atoms with van der Waals surface area (Å²) in [4.78, 5) is 4.12. The molecule has 1 aromatic carbocycles. The second-order valence-electron chi connectivity index (χ2n) is 3.32. The minimum Gasteiger partial charge on any atom is -0.366 e. The van der Waals surface area contributed by atoms with Gasteiger partial charge in [-0.15, -0.1) is 0 Å². The van der Waals surface area contributed by atoms with Crippen molar-refractivity contribution in [2.24, 2.45) is 0 Å². The molecule has 0 saturated carbocycles. The van der Waals surface area contributed by atoms with Crippen LogP contribution in [0, 0.1) is 5.82 Å². The van der Waals surface area contributed by atoms with Gasteiger partial charge in [0.15, 0.2) is 0 Å². The minimum absolute atomic E-state index is 0.139. The van der Waals surface area contributed by atoms with Crippen molar-refractivity contribution in [1.82, 2.24) is 4.98 Å². The van der Waals surface area contributed by atoms with E-state index in [1.807, 2.05) is 18.2 Å². The van der Waals surface area contributed by atoms with Crippen LogP contribution in [0.15, 0.2) is 42.6 Å². The quantitative estimate of drug-likeness (QED) is 0.883. The summed E-state index contributed by atoms with van der Waals surface area (Å²) in [6.45, 7) is 0.566.